The molecule has 10 nitrogen and oxygen atoms in total. The second-order valence-corrected chi connectivity index (χ2v) is 3.42. The van der Waals surface area contributed by atoms with Gasteiger partial charge < -0.3 is 50.1 Å². The van der Waals surface area contributed by atoms with Crippen molar-refractivity contribution in [3.05, 3.63) is 0 Å². The second-order valence-electron chi connectivity index (χ2n) is 3.42. The molecule has 0 aliphatic carbocycles. The van der Waals surface area contributed by atoms with Crippen LogP contribution in [0.3, 0.4) is 0 Å². The predicted octanol–water partition coefficient (Wildman–Crippen LogP) is -9.47. The van der Waals surface area contributed by atoms with Crippen molar-refractivity contribution in [3.63, 3.8) is 0 Å². The number of rotatable bonds is 8. The third-order valence-corrected chi connectivity index (χ3v) is 2.09. The molecule has 7 N–H and O–H groups in total. The summed E-state index contributed by atoms with van der Waals surface area (Å²) in [6.45, 7) is -0.954. The molecule has 0 heterocycles. The van der Waals surface area contributed by atoms with Crippen LogP contribution in [0, 0.1) is 0 Å². The van der Waals surface area contributed by atoms with Crippen molar-refractivity contribution in [2.75, 3.05) is 6.61 Å². The number of hydrogen-bond donors (Lipinski definition) is 7. The quantitative estimate of drug-likeness (QED) is 0.211. The van der Waals surface area contributed by atoms with Gasteiger partial charge in [0, 0.05) is 0 Å². The van der Waals surface area contributed by atoms with E-state index in [2.05, 4.69) is 4.65 Å². The molecule has 0 amide bonds. The number of carboxylic acid groups (broad SMARTS) is 1. The Labute approximate surface area is 130 Å². The monoisotopic (exact) mass is 292 g/mol. The minimum absolute atomic E-state index is 0. The molecule has 0 saturated heterocycles. The molecule has 0 rings (SSSR count). The van der Waals surface area contributed by atoms with Crippen LogP contribution in [0.1, 0.15) is 0 Å². The third-order valence-electron chi connectivity index (χ3n) is 2.09. The second kappa shape index (κ2) is 10.0. The van der Waals surface area contributed by atoms with Gasteiger partial charge in [0.05, 0.1) is 12.6 Å². The summed E-state index contributed by atoms with van der Waals surface area (Å²) in [5.74, 6) is -2.08. The normalized spacial score (nSPS) is 18.7. The standard InChI is InChI=1S/C7H15BO10.Na/c9-1-2(10)3(11)4(12)5(13)6(7(14)15)18-8(16)17;/h2-6,9-13,16-17H,1H2,(H,14,15);/q;+1/p-1. The first-order valence-corrected chi connectivity index (χ1v) is 4.78. The molecule has 0 aliphatic rings. The SMILES string of the molecule is O=C([O-])C(OB(O)O)C(O)C(O)C(O)C(O)CO.[Na+]. The number of carbonyl (C=O) groups is 1. The van der Waals surface area contributed by atoms with Gasteiger partial charge in [-0.05, 0) is 0 Å². The van der Waals surface area contributed by atoms with Crippen LogP contribution >= 0.6 is 0 Å². The number of aliphatic hydroxyl groups is 5. The van der Waals surface area contributed by atoms with E-state index >= 15 is 0 Å². The largest absolute Gasteiger partial charge is 1.00 e. The first kappa shape index (κ1) is 21.5. The molecule has 0 aromatic rings. The predicted molar refractivity (Wildman–Crippen MR) is 51.2 cm³/mol. The Hall–Kier alpha value is 0.215. The van der Waals surface area contributed by atoms with Gasteiger partial charge >= 0.3 is 36.9 Å². The third kappa shape index (κ3) is 6.97. The van der Waals surface area contributed by atoms with Gasteiger partial charge in [0.2, 0.25) is 0 Å². The van der Waals surface area contributed by atoms with Crippen molar-refractivity contribution in [1.29, 1.82) is 0 Å². The van der Waals surface area contributed by atoms with E-state index in [4.69, 9.17) is 20.3 Å². The summed E-state index contributed by atoms with van der Waals surface area (Å²) < 4.78 is 3.94. The Balaban J connectivity index is 0. The average molecular weight is 292 g/mol. The van der Waals surface area contributed by atoms with Crippen molar-refractivity contribution >= 4 is 13.3 Å². The molecule has 0 bridgehead atoms. The van der Waals surface area contributed by atoms with Crippen molar-refractivity contribution in [2.45, 2.75) is 30.5 Å². The van der Waals surface area contributed by atoms with Crippen molar-refractivity contribution < 1.29 is 79.7 Å². The van der Waals surface area contributed by atoms with Crippen molar-refractivity contribution in [1.82, 2.24) is 0 Å². The number of carboxylic acids is 1. The Morgan fingerprint density at radius 1 is 1.11 bits per heavy atom. The molecule has 19 heavy (non-hydrogen) atoms. The van der Waals surface area contributed by atoms with E-state index in [1.165, 1.54) is 0 Å². The maximum absolute atomic E-state index is 10.5. The summed E-state index contributed by atoms with van der Waals surface area (Å²) in [4.78, 5) is 10.5. The fraction of sp³-hybridized carbons (Fsp3) is 0.857. The maximum Gasteiger partial charge on any atom is 1.00 e. The number of aliphatic carboxylic acids is 1. The molecular formula is C7H14BNaO10. The van der Waals surface area contributed by atoms with E-state index in [1.807, 2.05) is 0 Å². The van der Waals surface area contributed by atoms with Crippen LogP contribution in [0.5, 0.6) is 0 Å². The molecule has 0 aliphatic heterocycles. The summed E-state index contributed by atoms with van der Waals surface area (Å²) in [5, 5.41) is 72.6. The van der Waals surface area contributed by atoms with Gasteiger partial charge in [0.15, 0.2) is 0 Å². The molecule has 0 aromatic heterocycles. The van der Waals surface area contributed by atoms with Crippen LogP contribution < -0.4 is 34.7 Å². The topological polar surface area (TPSA) is 191 Å². The summed E-state index contributed by atoms with van der Waals surface area (Å²) in [6.07, 6.45) is -10.8. The molecule has 106 valence electrons. The van der Waals surface area contributed by atoms with E-state index < -0.39 is 50.4 Å². The molecule has 5 unspecified atom stereocenters. The van der Waals surface area contributed by atoms with Crippen LogP contribution in [0.25, 0.3) is 0 Å². The fourth-order valence-corrected chi connectivity index (χ4v) is 1.12. The summed E-state index contributed by atoms with van der Waals surface area (Å²) in [6, 6.07) is 0. The van der Waals surface area contributed by atoms with Crippen LogP contribution in [0.2, 0.25) is 0 Å². The molecule has 0 spiro atoms. The molecule has 0 fully saturated rings. The van der Waals surface area contributed by atoms with Gasteiger partial charge in [-0.1, -0.05) is 0 Å². The van der Waals surface area contributed by atoms with E-state index in [0.717, 1.165) is 0 Å². The van der Waals surface area contributed by atoms with Gasteiger partial charge in [-0.15, -0.1) is 0 Å². The molecule has 0 radical (unpaired) electrons. The Morgan fingerprint density at radius 2 is 1.58 bits per heavy atom. The number of hydrogen-bond acceptors (Lipinski definition) is 10. The number of carbonyl (C=O) groups excluding carboxylic acids is 1. The summed E-state index contributed by atoms with van der Waals surface area (Å²) >= 11 is 0. The van der Waals surface area contributed by atoms with Crippen molar-refractivity contribution in [3.8, 4) is 0 Å². The van der Waals surface area contributed by atoms with Gasteiger partial charge in [-0.2, -0.15) is 0 Å². The Bertz CT molecular complexity index is 266. The van der Waals surface area contributed by atoms with Gasteiger partial charge in [-0.3, -0.25) is 0 Å². The zero-order chi connectivity index (χ0) is 14.5. The zero-order valence-electron chi connectivity index (χ0n) is 10.0. The Morgan fingerprint density at radius 3 is 1.89 bits per heavy atom. The average Bonchev–Trinajstić information content (AvgIpc) is 2.31. The smallest absolute Gasteiger partial charge is 0.547 e. The van der Waals surface area contributed by atoms with Crippen LogP contribution in [-0.4, -0.2) is 86.0 Å². The van der Waals surface area contributed by atoms with Crippen LogP contribution in [-0.2, 0) is 9.45 Å². The minimum atomic E-state index is -2.56. The van der Waals surface area contributed by atoms with E-state index in [0.29, 0.717) is 0 Å². The van der Waals surface area contributed by atoms with Crippen molar-refractivity contribution in [2.24, 2.45) is 0 Å². The minimum Gasteiger partial charge on any atom is -0.547 e. The molecule has 0 aromatic carbocycles. The summed E-state index contributed by atoms with van der Waals surface area (Å²) in [7, 11) is -2.56. The van der Waals surface area contributed by atoms with Gasteiger partial charge in [-0.25, -0.2) is 0 Å². The molecule has 12 heteroatoms. The summed E-state index contributed by atoms with van der Waals surface area (Å²) in [5.41, 5.74) is 0. The maximum atomic E-state index is 10.5. The van der Waals surface area contributed by atoms with E-state index in [9.17, 15) is 25.2 Å². The van der Waals surface area contributed by atoms with Gasteiger partial charge in [0.1, 0.15) is 30.5 Å². The fourth-order valence-electron chi connectivity index (χ4n) is 1.12. The van der Waals surface area contributed by atoms with Crippen LogP contribution in [0.15, 0.2) is 0 Å². The first-order valence-electron chi connectivity index (χ1n) is 4.78. The van der Waals surface area contributed by atoms with E-state index in [1.54, 1.807) is 0 Å². The number of aliphatic hydroxyl groups excluding tert-OH is 5. The molecule has 0 saturated carbocycles. The molecule has 5 atom stereocenters. The van der Waals surface area contributed by atoms with E-state index in [-0.39, 0.29) is 29.6 Å². The molecular weight excluding hydrogens is 278 g/mol. The van der Waals surface area contributed by atoms with Gasteiger partial charge in [0.25, 0.3) is 0 Å². The Kier molecular flexibility index (Phi) is 11.3. The zero-order valence-corrected chi connectivity index (χ0v) is 12.0. The van der Waals surface area contributed by atoms with Crippen LogP contribution in [0.4, 0.5) is 0 Å². The first-order chi connectivity index (χ1) is 8.22.